The van der Waals surface area contributed by atoms with Crippen molar-refractivity contribution >= 4 is 10.4 Å². The van der Waals surface area contributed by atoms with E-state index in [2.05, 4.69) is 0 Å². The van der Waals surface area contributed by atoms with Crippen LogP contribution in [0.3, 0.4) is 0 Å². The fraction of sp³-hybridized carbons (Fsp3) is 0. The van der Waals surface area contributed by atoms with E-state index in [4.69, 9.17) is 17.5 Å². The van der Waals surface area contributed by atoms with Gasteiger partial charge in [-0.05, 0) is 0 Å². The van der Waals surface area contributed by atoms with Crippen LogP contribution in [0.15, 0.2) is 0 Å². The first-order valence-electron chi connectivity index (χ1n) is 0.667. The summed E-state index contributed by atoms with van der Waals surface area (Å²) >= 11 is 0. The first-order valence-corrected chi connectivity index (χ1v) is 2.00. The second kappa shape index (κ2) is 29.5. The topological polar surface area (TPSA) is 200 Å². The van der Waals surface area contributed by atoms with Gasteiger partial charge in [-0.2, -0.15) is 0 Å². The third kappa shape index (κ3) is 738. The Morgan fingerprint density at radius 3 is 0.667 bits per heavy atom. The summed E-state index contributed by atoms with van der Waals surface area (Å²) in [4.78, 5) is 0. The zero-order valence-corrected chi connectivity index (χ0v) is 8.38. The van der Waals surface area contributed by atoms with Crippen molar-refractivity contribution in [3.63, 3.8) is 0 Å². The summed E-state index contributed by atoms with van der Waals surface area (Å²) in [6.45, 7) is 0. The zero-order chi connectivity index (χ0) is 4.50. The van der Waals surface area contributed by atoms with E-state index in [1.165, 1.54) is 0 Å². The summed E-state index contributed by atoms with van der Waals surface area (Å²) in [7, 11) is -5.17. The summed E-state index contributed by atoms with van der Waals surface area (Å²) in [5.41, 5.74) is 0. The first kappa shape index (κ1) is 72.0. The summed E-state index contributed by atoms with van der Waals surface area (Å²) in [6, 6.07) is 0. The van der Waals surface area contributed by atoms with Crippen molar-refractivity contribution < 1.29 is 90.6 Å². The maximum atomic E-state index is 8.52. The van der Waals surface area contributed by atoms with Crippen LogP contribution < -0.4 is 0 Å². The van der Waals surface area contributed by atoms with Crippen LogP contribution in [0.4, 0.5) is 0 Å². The van der Waals surface area contributed by atoms with Crippen molar-refractivity contribution in [1.82, 2.24) is 0 Å². The Morgan fingerprint density at radius 2 is 0.667 bits per heavy atom. The Morgan fingerprint density at radius 1 is 0.667 bits per heavy atom. The summed E-state index contributed by atoms with van der Waals surface area (Å²) in [6.07, 6.45) is 0. The van der Waals surface area contributed by atoms with E-state index < -0.39 is 10.4 Å². The molecule has 0 bridgehead atoms. The quantitative estimate of drug-likeness (QED) is 0.268. The maximum absolute atomic E-state index is 8.52. The molecule has 0 unspecified atom stereocenters. The van der Waals surface area contributed by atoms with Gasteiger partial charge in [-0.25, -0.2) is 0 Å². The molecule has 0 aromatic heterocycles. The second-order valence-electron chi connectivity index (χ2n) is 0.408. The SMILES string of the molecule is O=S(=O)([O-])[O-].[Cu+].[Cu+].[Cu+].[OH-].[OH-].[OH-].[OH-]. The van der Waals surface area contributed by atoms with E-state index in [1.807, 2.05) is 0 Å². The van der Waals surface area contributed by atoms with E-state index in [0.717, 1.165) is 0 Å². The fourth-order valence-corrected chi connectivity index (χ4v) is 0. The second-order valence-corrected chi connectivity index (χ2v) is 1.22. The molecule has 12 heteroatoms. The zero-order valence-electron chi connectivity index (χ0n) is 4.73. The average molecular weight is 355 g/mol. The Kier molecular flexibility index (Phi) is 177. The van der Waals surface area contributed by atoms with Crippen molar-refractivity contribution in [3.8, 4) is 0 Å². The van der Waals surface area contributed by atoms with Gasteiger partial charge >= 0.3 is 51.2 Å². The molecule has 0 amide bonds. The molecule has 8 nitrogen and oxygen atoms in total. The molecule has 0 atom stereocenters. The minimum atomic E-state index is -5.17. The third-order valence-corrected chi connectivity index (χ3v) is 0. The van der Waals surface area contributed by atoms with Gasteiger partial charge in [-0.15, -0.1) is 0 Å². The molecule has 0 heterocycles. The standard InChI is InChI=1S/3Cu.H2O4S.4H2O/c;;;1-5(2,3)4;;;;/h;;;(H2,1,2,3,4);4*1H2/q3*+1;;;;;/p-6. The fourth-order valence-electron chi connectivity index (χ4n) is 0. The molecule has 0 saturated heterocycles. The molecule has 94 valence electrons. The van der Waals surface area contributed by atoms with Crippen LogP contribution in [0.1, 0.15) is 0 Å². The van der Waals surface area contributed by atoms with Gasteiger partial charge in [-0.1, -0.05) is 0 Å². The Hall–Kier alpha value is 1.27. The molecule has 0 aromatic rings. The third-order valence-electron chi connectivity index (χ3n) is 0. The molecule has 0 aliphatic carbocycles. The van der Waals surface area contributed by atoms with E-state index in [0.29, 0.717) is 0 Å². The Bertz CT molecular complexity index is 97.5. The molecule has 0 spiro atoms. The molecule has 0 aliphatic heterocycles. The van der Waals surface area contributed by atoms with Crippen LogP contribution in [0.2, 0.25) is 0 Å². The number of hydrogen-bond donors (Lipinski definition) is 0. The van der Waals surface area contributed by atoms with E-state index >= 15 is 0 Å². The average Bonchev–Trinajstić information content (AvgIpc) is 0.722. The number of rotatable bonds is 0. The largest absolute Gasteiger partial charge is 1.00 e. The molecule has 0 radical (unpaired) electrons. The van der Waals surface area contributed by atoms with E-state index in [-0.39, 0.29) is 73.1 Å². The monoisotopic (exact) mass is 353 g/mol. The molecule has 0 rings (SSSR count). The van der Waals surface area contributed by atoms with Gasteiger partial charge in [0.2, 0.25) is 0 Å². The summed E-state index contributed by atoms with van der Waals surface area (Å²) < 4.78 is 34.1. The molecule has 12 heavy (non-hydrogen) atoms. The minimum absolute atomic E-state index is 0. The van der Waals surface area contributed by atoms with E-state index in [9.17, 15) is 0 Å². The Balaban J connectivity index is -0.00000000381. The van der Waals surface area contributed by atoms with Crippen LogP contribution >= 0.6 is 0 Å². The predicted molar refractivity (Wildman–Crippen MR) is 18.2 cm³/mol. The first-order chi connectivity index (χ1) is 2.00. The van der Waals surface area contributed by atoms with Crippen molar-refractivity contribution in [3.05, 3.63) is 0 Å². The predicted octanol–water partition coefficient (Wildman–Crippen LogP) is -2.05. The molecule has 0 saturated carbocycles. The van der Waals surface area contributed by atoms with Crippen molar-refractivity contribution in [2.75, 3.05) is 0 Å². The van der Waals surface area contributed by atoms with Crippen molar-refractivity contribution in [2.24, 2.45) is 0 Å². The smallest absolute Gasteiger partial charge is 0.870 e. The molecular formula is H4Cu3O8S-3. The van der Waals surface area contributed by atoms with Crippen molar-refractivity contribution in [1.29, 1.82) is 0 Å². The van der Waals surface area contributed by atoms with Gasteiger partial charge < -0.3 is 31.0 Å². The summed E-state index contributed by atoms with van der Waals surface area (Å²) in [5.74, 6) is 0. The van der Waals surface area contributed by atoms with Crippen LogP contribution in [-0.2, 0) is 61.6 Å². The maximum Gasteiger partial charge on any atom is 1.00 e. The molecule has 0 fully saturated rings. The Labute approximate surface area is 101 Å². The van der Waals surface area contributed by atoms with E-state index in [1.54, 1.807) is 0 Å². The van der Waals surface area contributed by atoms with Crippen LogP contribution in [0.25, 0.3) is 0 Å². The molecule has 0 aromatic carbocycles. The van der Waals surface area contributed by atoms with Gasteiger partial charge in [0.15, 0.2) is 0 Å². The molecule has 0 aliphatic rings. The van der Waals surface area contributed by atoms with Gasteiger partial charge in [-0.3, -0.25) is 8.42 Å². The molecule has 4 N–H and O–H groups in total. The van der Waals surface area contributed by atoms with Crippen LogP contribution in [0, 0.1) is 0 Å². The van der Waals surface area contributed by atoms with Gasteiger partial charge in [0.25, 0.3) is 0 Å². The van der Waals surface area contributed by atoms with Crippen LogP contribution in [-0.4, -0.2) is 39.4 Å². The number of hydrogen-bond acceptors (Lipinski definition) is 8. The van der Waals surface area contributed by atoms with Gasteiger partial charge in [0, 0.05) is 10.4 Å². The van der Waals surface area contributed by atoms with Crippen molar-refractivity contribution in [2.45, 2.75) is 0 Å². The van der Waals surface area contributed by atoms with Gasteiger partial charge in [0.1, 0.15) is 0 Å². The van der Waals surface area contributed by atoms with Crippen LogP contribution in [0.5, 0.6) is 0 Å². The summed E-state index contributed by atoms with van der Waals surface area (Å²) in [5, 5.41) is 0. The minimum Gasteiger partial charge on any atom is -0.870 e. The normalized spacial score (nSPS) is 4.83. The molecular weight excluding hydrogens is 351 g/mol. The van der Waals surface area contributed by atoms with Gasteiger partial charge in [0.05, 0.1) is 0 Å².